The fourth-order valence-electron chi connectivity index (χ4n) is 1.73. The van der Waals surface area contributed by atoms with Crippen LogP contribution in [0.2, 0.25) is 0 Å². The van der Waals surface area contributed by atoms with Crippen molar-refractivity contribution in [2.45, 2.75) is 6.54 Å². The van der Waals surface area contributed by atoms with Crippen molar-refractivity contribution in [2.75, 3.05) is 5.32 Å². The second-order valence-electron chi connectivity index (χ2n) is 4.29. The number of aromatic carboxylic acids is 1. The summed E-state index contributed by atoms with van der Waals surface area (Å²) in [5.74, 6) is -1.56. The zero-order chi connectivity index (χ0) is 15.2. The predicted molar refractivity (Wildman–Crippen MR) is 75.7 cm³/mol. The second kappa shape index (κ2) is 6.51. The Morgan fingerprint density at radius 1 is 1.10 bits per heavy atom. The Morgan fingerprint density at radius 2 is 1.86 bits per heavy atom. The summed E-state index contributed by atoms with van der Waals surface area (Å²) in [6.45, 7) is 0.140. The summed E-state index contributed by atoms with van der Waals surface area (Å²) in [6.07, 6.45) is 0. The van der Waals surface area contributed by atoms with Crippen molar-refractivity contribution < 1.29 is 19.1 Å². The van der Waals surface area contributed by atoms with Crippen molar-refractivity contribution in [3.63, 3.8) is 0 Å². The quantitative estimate of drug-likeness (QED) is 0.809. The van der Waals surface area contributed by atoms with Crippen LogP contribution in [0.15, 0.2) is 48.5 Å². The van der Waals surface area contributed by atoms with Gasteiger partial charge in [0.15, 0.2) is 0 Å². The number of amides is 2. The van der Waals surface area contributed by atoms with Gasteiger partial charge in [-0.05, 0) is 29.8 Å². The molecule has 2 rings (SSSR count). The summed E-state index contributed by atoms with van der Waals surface area (Å²) < 4.78 is 13.3. The van der Waals surface area contributed by atoms with Crippen molar-refractivity contribution in [1.29, 1.82) is 0 Å². The summed E-state index contributed by atoms with van der Waals surface area (Å²) in [5, 5.41) is 13.8. The molecule has 5 nitrogen and oxygen atoms in total. The Balaban J connectivity index is 1.94. The number of carboxylic acid groups (broad SMARTS) is 1. The third-order valence-electron chi connectivity index (χ3n) is 2.75. The molecular weight excluding hydrogens is 275 g/mol. The van der Waals surface area contributed by atoms with Gasteiger partial charge < -0.3 is 15.7 Å². The van der Waals surface area contributed by atoms with E-state index >= 15 is 0 Å². The molecule has 0 aliphatic carbocycles. The van der Waals surface area contributed by atoms with E-state index < -0.39 is 17.8 Å². The molecule has 0 radical (unpaired) electrons. The fraction of sp³-hybridized carbons (Fsp3) is 0.0667. The first kappa shape index (κ1) is 14.5. The van der Waals surface area contributed by atoms with Crippen LogP contribution in [0.3, 0.4) is 0 Å². The van der Waals surface area contributed by atoms with Crippen molar-refractivity contribution in [3.05, 3.63) is 65.5 Å². The van der Waals surface area contributed by atoms with E-state index in [1.807, 2.05) is 0 Å². The van der Waals surface area contributed by atoms with Crippen LogP contribution in [0.25, 0.3) is 0 Å². The lowest BCUT2D eigenvalue weighted by molar-refractivity contribution is 0.0696. The van der Waals surface area contributed by atoms with E-state index in [-0.39, 0.29) is 17.8 Å². The number of hydrogen-bond acceptors (Lipinski definition) is 2. The minimum absolute atomic E-state index is 0.0780. The summed E-state index contributed by atoms with van der Waals surface area (Å²) in [7, 11) is 0. The Bertz CT molecular complexity index is 673. The third kappa shape index (κ3) is 4.04. The van der Waals surface area contributed by atoms with Crippen LogP contribution in [0.5, 0.6) is 0 Å². The molecule has 0 fully saturated rings. The van der Waals surface area contributed by atoms with E-state index in [9.17, 15) is 14.0 Å². The number of carbonyl (C=O) groups is 2. The van der Waals surface area contributed by atoms with Gasteiger partial charge in [0.05, 0.1) is 11.3 Å². The van der Waals surface area contributed by atoms with E-state index in [1.165, 1.54) is 30.3 Å². The molecule has 0 saturated carbocycles. The van der Waals surface area contributed by atoms with Gasteiger partial charge >= 0.3 is 12.0 Å². The Kier molecular flexibility index (Phi) is 4.50. The topological polar surface area (TPSA) is 78.4 Å². The molecule has 0 saturated heterocycles. The number of carboxylic acids is 1. The molecule has 0 spiro atoms. The minimum atomic E-state index is -1.03. The maximum Gasteiger partial charge on any atom is 0.335 e. The van der Waals surface area contributed by atoms with Gasteiger partial charge in [0.25, 0.3) is 0 Å². The molecule has 2 aromatic carbocycles. The first-order valence-electron chi connectivity index (χ1n) is 6.18. The molecule has 0 unspecified atom stereocenters. The third-order valence-corrected chi connectivity index (χ3v) is 2.75. The van der Waals surface area contributed by atoms with Crippen molar-refractivity contribution in [2.24, 2.45) is 0 Å². The molecule has 3 N–H and O–H groups in total. The summed E-state index contributed by atoms with van der Waals surface area (Å²) >= 11 is 0. The van der Waals surface area contributed by atoms with Gasteiger partial charge in [-0.25, -0.2) is 14.0 Å². The van der Waals surface area contributed by atoms with E-state index in [0.29, 0.717) is 5.56 Å². The van der Waals surface area contributed by atoms with Crippen LogP contribution in [0.1, 0.15) is 15.9 Å². The number of anilines is 1. The van der Waals surface area contributed by atoms with E-state index in [4.69, 9.17) is 5.11 Å². The zero-order valence-electron chi connectivity index (χ0n) is 11.0. The number of nitrogens with one attached hydrogen (secondary N) is 2. The van der Waals surface area contributed by atoms with Gasteiger partial charge in [0.2, 0.25) is 0 Å². The van der Waals surface area contributed by atoms with E-state index in [0.717, 1.165) is 0 Å². The van der Waals surface area contributed by atoms with Crippen LogP contribution in [-0.2, 0) is 6.54 Å². The zero-order valence-corrected chi connectivity index (χ0v) is 11.0. The largest absolute Gasteiger partial charge is 0.478 e. The van der Waals surface area contributed by atoms with Crippen LogP contribution in [-0.4, -0.2) is 17.1 Å². The molecule has 21 heavy (non-hydrogen) atoms. The molecular formula is C15H13FN2O3. The first-order chi connectivity index (χ1) is 10.1. The van der Waals surface area contributed by atoms with Gasteiger partial charge in [-0.1, -0.05) is 24.3 Å². The summed E-state index contributed by atoms with van der Waals surface area (Å²) in [5.41, 5.74) is 0.858. The van der Waals surface area contributed by atoms with Crippen molar-refractivity contribution >= 4 is 17.7 Å². The van der Waals surface area contributed by atoms with Crippen LogP contribution < -0.4 is 10.6 Å². The SMILES string of the molecule is O=C(NCc1cccc(C(=O)O)c1)Nc1ccccc1F. The molecule has 0 aliphatic rings. The molecule has 0 heterocycles. The molecule has 108 valence electrons. The lowest BCUT2D eigenvalue weighted by Crippen LogP contribution is -2.28. The highest BCUT2D eigenvalue weighted by atomic mass is 19.1. The fourth-order valence-corrected chi connectivity index (χ4v) is 1.73. The molecule has 2 aromatic rings. The van der Waals surface area contributed by atoms with Crippen LogP contribution in [0.4, 0.5) is 14.9 Å². The Hall–Kier alpha value is -2.89. The van der Waals surface area contributed by atoms with Gasteiger partial charge in [0.1, 0.15) is 5.82 Å². The number of para-hydroxylation sites is 1. The molecule has 2 amide bonds. The maximum absolute atomic E-state index is 13.3. The number of rotatable bonds is 4. The highest BCUT2D eigenvalue weighted by Crippen LogP contribution is 2.12. The molecule has 0 aliphatic heterocycles. The summed E-state index contributed by atoms with van der Waals surface area (Å²) in [6, 6.07) is 11.5. The maximum atomic E-state index is 13.3. The number of halogens is 1. The van der Waals surface area contributed by atoms with Crippen molar-refractivity contribution in [1.82, 2.24) is 5.32 Å². The Labute approximate surface area is 120 Å². The Morgan fingerprint density at radius 3 is 2.57 bits per heavy atom. The highest BCUT2D eigenvalue weighted by Gasteiger charge is 2.07. The number of hydrogen-bond donors (Lipinski definition) is 3. The highest BCUT2D eigenvalue weighted by molar-refractivity contribution is 5.89. The first-order valence-corrected chi connectivity index (χ1v) is 6.18. The smallest absolute Gasteiger partial charge is 0.335 e. The van der Waals surface area contributed by atoms with Crippen LogP contribution in [0, 0.1) is 5.82 Å². The number of benzene rings is 2. The minimum Gasteiger partial charge on any atom is -0.478 e. The number of carbonyl (C=O) groups excluding carboxylic acids is 1. The average molecular weight is 288 g/mol. The average Bonchev–Trinajstić information content (AvgIpc) is 2.48. The summed E-state index contributed by atoms with van der Waals surface area (Å²) in [4.78, 5) is 22.5. The second-order valence-corrected chi connectivity index (χ2v) is 4.29. The molecule has 0 bridgehead atoms. The predicted octanol–water partition coefficient (Wildman–Crippen LogP) is 2.85. The van der Waals surface area contributed by atoms with Crippen LogP contribution >= 0.6 is 0 Å². The van der Waals surface area contributed by atoms with E-state index in [1.54, 1.807) is 18.2 Å². The molecule has 0 atom stereocenters. The lowest BCUT2D eigenvalue weighted by atomic mass is 10.1. The standard InChI is InChI=1S/C15H13FN2O3/c16-12-6-1-2-7-13(12)18-15(21)17-9-10-4-3-5-11(8-10)14(19)20/h1-8H,9H2,(H,19,20)(H2,17,18,21). The normalized spacial score (nSPS) is 9.95. The lowest BCUT2D eigenvalue weighted by Gasteiger charge is -2.08. The van der Waals surface area contributed by atoms with E-state index in [2.05, 4.69) is 10.6 Å². The molecule has 6 heteroatoms. The van der Waals surface area contributed by atoms with Gasteiger partial charge in [-0.15, -0.1) is 0 Å². The number of urea groups is 1. The van der Waals surface area contributed by atoms with Crippen molar-refractivity contribution in [3.8, 4) is 0 Å². The van der Waals surface area contributed by atoms with Gasteiger partial charge in [-0.3, -0.25) is 0 Å². The molecule has 0 aromatic heterocycles. The van der Waals surface area contributed by atoms with Gasteiger partial charge in [0, 0.05) is 6.54 Å². The van der Waals surface area contributed by atoms with Gasteiger partial charge in [-0.2, -0.15) is 0 Å². The monoisotopic (exact) mass is 288 g/mol.